The molecule has 2 atom stereocenters. The SMILES string of the molecule is CNC(=O)C(C)CN(C)CC(C(=O)O)C(F)(F)F. The molecule has 106 valence electrons. The van der Waals surface area contributed by atoms with Gasteiger partial charge >= 0.3 is 12.1 Å². The van der Waals surface area contributed by atoms with Crippen LogP contribution in [0.5, 0.6) is 0 Å². The van der Waals surface area contributed by atoms with Gasteiger partial charge in [0.25, 0.3) is 0 Å². The molecule has 0 heterocycles. The number of hydrogen-bond donors (Lipinski definition) is 2. The second kappa shape index (κ2) is 6.58. The molecule has 0 saturated heterocycles. The fourth-order valence-electron chi connectivity index (χ4n) is 1.50. The lowest BCUT2D eigenvalue weighted by atomic mass is 10.1. The molecule has 18 heavy (non-hydrogen) atoms. The van der Waals surface area contributed by atoms with Crippen LogP contribution >= 0.6 is 0 Å². The third kappa shape index (κ3) is 5.35. The molecule has 5 nitrogen and oxygen atoms in total. The van der Waals surface area contributed by atoms with Crippen molar-refractivity contribution in [2.75, 3.05) is 27.2 Å². The molecule has 8 heteroatoms. The summed E-state index contributed by atoms with van der Waals surface area (Å²) >= 11 is 0. The van der Waals surface area contributed by atoms with E-state index in [0.29, 0.717) is 0 Å². The van der Waals surface area contributed by atoms with Crippen molar-refractivity contribution in [1.82, 2.24) is 10.2 Å². The lowest BCUT2D eigenvalue weighted by molar-refractivity contribution is -0.196. The van der Waals surface area contributed by atoms with Crippen molar-refractivity contribution in [2.45, 2.75) is 13.1 Å². The van der Waals surface area contributed by atoms with Crippen molar-refractivity contribution in [3.8, 4) is 0 Å². The highest BCUT2D eigenvalue weighted by Gasteiger charge is 2.45. The molecule has 2 unspecified atom stereocenters. The van der Waals surface area contributed by atoms with Gasteiger partial charge in [0.2, 0.25) is 5.91 Å². The van der Waals surface area contributed by atoms with Crippen LogP contribution in [-0.2, 0) is 9.59 Å². The topological polar surface area (TPSA) is 69.6 Å². The highest BCUT2D eigenvalue weighted by atomic mass is 19.4. The van der Waals surface area contributed by atoms with Crippen molar-refractivity contribution < 1.29 is 27.9 Å². The van der Waals surface area contributed by atoms with Gasteiger partial charge in [-0.05, 0) is 7.05 Å². The number of rotatable bonds is 6. The summed E-state index contributed by atoms with van der Waals surface area (Å²) < 4.78 is 37.2. The molecule has 2 N–H and O–H groups in total. The maximum atomic E-state index is 12.4. The van der Waals surface area contributed by atoms with Crippen molar-refractivity contribution in [1.29, 1.82) is 0 Å². The lowest BCUT2D eigenvalue weighted by Crippen LogP contribution is -2.42. The Hall–Kier alpha value is -1.31. The van der Waals surface area contributed by atoms with Crippen molar-refractivity contribution in [2.24, 2.45) is 11.8 Å². The van der Waals surface area contributed by atoms with E-state index in [1.165, 1.54) is 19.0 Å². The Morgan fingerprint density at radius 3 is 2.17 bits per heavy atom. The monoisotopic (exact) mass is 270 g/mol. The van der Waals surface area contributed by atoms with Gasteiger partial charge in [0.05, 0.1) is 0 Å². The minimum Gasteiger partial charge on any atom is -0.481 e. The molecule has 0 aliphatic carbocycles. The number of carbonyl (C=O) groups excluding carboxylic acids is 1. The zero-order valence-electron chi connectivity index (χ0n) is 10.4. The summed E-state index contributed by atoms with van der Waals surface area (Å²) in [6.07, 6.45) is -4.80. The molecule has 0 aromatic rings. The fourth-order valence-corrected chi connectivity index (χ4v) is 1.50. The number of hydrogen-bond acceptors (Lipinski definition) is 3. The number of nitrogens with one attached hydrogen (secondary N) is 1. The second-order valence-corrected chi connectivity index (χ2v) is 4.17. The first kappa shape index (κ1) is 16.7. The molecule has 0 spiro atoms. The van der Waals surface area contributed by atoms with Crippen LogP contribution in [0.2, 0.25) is 0 Å². The van der Waals surface area contributed by atoms with E-state index in [9.17, 15) is 22.8 Å². The second-order valence-electron chi connectivity index (χ2n) is 4.17. The summed E-state index contributed by atoms with van der Waals surface area (Å²) in [5.41, 5.74) is 0. The van der Waals surface area contributed by atoms with E-state index in [4.69, 9.17) is 5.11 Å². The number of carboxylic acids is 1. The molecular weight excluding hydrogens is 253 g/mol. The first-order valence-electron chi connectivity index (χ1n) is 5.29. The normalized spacial score (nSPS) is 15.3. The zero-order valence-corrected chi connectivity index (χ0v) is 10.4. The summed E-state index contributed by atoms with van der Waals surface area (Å²) in [4.78, 5) is 22.9. The predicted octanol–water partition coefficient (Wildman–Crippen LogP) is 0.563. The number of alkyl halides is 3. The van der Waals surface area contributed by atoms with Gasteiger partial charge in [-0.25, -0.2) is 0 Å². The average Bonchev–Trinajstić information content (AvgIpc) is 2.22. The number of nitrogens with zero attached hydrogens (tertiary/aromatic N) is 1. The summed E-state index contributed by atoms with van der Waals surface area (Å²) in [6.45, 7) is 0.929. The minimum atomic E-state index is -4.80. The number of carboxylic acid groups (broad SMARTS) is 1. The molecule has 0 aromatic heterocycles. The van der Waals surface area contributed by atoms with Crippen LogP contribution in [0, 0.1) is 11.8 Å². The third-order valence-electron chi connectivity index (χ3n) is 2.47. The molecule has 0 saturated carbocycles. The van der Waals surface area contributed by atoms with E-state index >= 15 is 0 Å². The summed E-state index contributed by atoms with van der Waals surface area (Å²) in [7, 11) is 2.77. The van der Waals surface area contributed by atoms with Crippen molar-refractivity contribution >= 4 is 11.9 Å². The standard InChI is InChI=1S/C10H17F3N2O3/c1-6(8(16)14-2)4-15(3)5-7(9(17)18)10(11,12)13/h6-7H,4-5H2,1-3H3,(H,14,16)(H,17,18). The van der Waals surface area contributed by atoms with Crippen molar-refractivity contribution in [3.05, 3.63) is 0 Å². The Morgan fingerprint density at radius 1 is 1.33 bits per heavy atom. The lowest BCUT2D eigenvalue weighted by Gasteiger charge is -2.25. The molecule has 0 radical (unpaired) electrons. The van der Waals surface area contributed by atoms with Crippen LogP contribution in [0.4, 0.5) is 13.2 Å². The molecule has 0 bridgehead atoms. The third-order valence-corrected chi connectivity index (χ3v) is 2.47. The molecule has 0 aliphatic rings. The number of aliphatic carboxylic acids is 1. The number of carbonyl (C=O) groups is 2. The van der Waals surface area contributed by atoms with E-state index in [0.717, 1.165) is 0 Å². The summed E-state index contributed by atoms with van der Waals surface area (Å²) in [6, 6.07) is 0. The first-order chi connectivity index (χ1) is 8.09. The largest absolute Gasteiger partial charge is 0.481 e. The number of halogens is 3. The Balaban J connectivity index is 4.49. The van der Waals surface area contributed by atoms with Crippen molar-refractivity contribution in [3.63, 3.8) is 0 Å². The van der Waals surface area contributed by atoms with Gasteiger partial charge in [-0.15, -0.1) is 0 Å². The summed E-state index contributed by atoms with van der Waals surface area (Å²) in [5, 5.41) is 10.9. The van der Waals surface area contributed by atoms with E-state index < -0.39 is 30.5 Å². The van der Waals surface area contributed by atoms with Gasteiger partial charge in [-0.3, -0.25) is 9.59 Å². The Bertz CT molecular complexity index is 307. The van der Waals surface area contributed by atoms with Gasteiger partial charge in [-0.1, -0.05) is 6.92 Å². The Kier molecular flexibility index (Phi) is 6.10. The molecule has 0 rings (SSSR count). The fraction of sp³-hybridized carbons (Fsp3) is 0.800. The van der Waals surface area contributed by atoms with Gasteiger partial charge in [0, 0.05) is 26.1 Å². The zero-order chi connectivity index (χ0) is 14.5. The quantitative estimate of drug-likeness (QED) is 0.740. The van der Waals surface area contributed by atoms with Gasteiger partial charge in [0.1, 0.15) is 0 Å². The van der Waals surface area contributed by atoms with Gasteiger partial charge in [-0.2, -0.15) is 13.2 Å². The average molecular weight is 270 g/mol. The van der Waals surface area contributed by atoms with Crippen LogP contribution in [0.3, 0.4) is 0 Å². The predicted molar refractivity (Wildman–Crippen MR) is 57.9 cm³/mol. The van der Waals surface area contributed by atoms with Gasteiger partial charge in [0.15, 0.2) is 5.92 Å². The maximum Gasteiger partial charge on any atom is 0.403 e. The Labute approximate surface area is 103 Å². The van der Waals surface area contributed by atoms with E-state index in [1.807, 2.05) is 0 Å². The molecule has 1 amide bonds. The first-order valence-corrected chi connectivity index (χ1v) is 5.29. The van der Waals surface area contributed by atoms with Crippen LogP contribution in [0.15, 0.2) is 0 Å². The number of amides is 1. The van der Waals surface area contributed by atoms with E-state index in [2.05, 4.69) is 5.32 Å². The van der Waals surface area contributed by atoms with E-state index in [-0.39, 0.29) is 12.5 Å². The van der Waals surface area contributed by atoms with Crippen LogP contribution in [-0.4, -0.2) is 55.2 Å². The minimum absolute atomic E-state index is 0.0551. The van der Waals surface area contributed by atoms with Crippen LogP contribution in [0.25, 0.3) is 0 Å². The summed E-state index contributed by atoms with van der Waals surface area (Å²) in [5.74, 6) is -5.18. The maximum absolute atomic E-state index is 12.4. The smallest absolute Gasteiger partial charge is 0.403 e. The molecule has 0 aliphatic heterocycles. The highest BCUT2D eigenvalue weighted by Crippen LogP contribution is 2.27. The molecule has 0 fully saturated rings. The van der Waals surface area contributed by atoms with Crippen LogP contribution in [0.1, 0.15) is 6.92 Å². The molecular formula is C10H17F3N2O3. The molecule has 0 aromatic carbocycles. The van der Waals surface area contributed by atoms with Gasteiger partial charge < -0.3 is 15.3 Å². The van der Waals surface area contributed by atoms with Crippen LogP contribution < -0.4 is 5.32 Å². The highest BCUT2D eigenvalue weighted by molar-refractivity contribution is 5.78. The van der Waals surface area contributed by atoms with E-state index in [1.54, 1.807) is 6.92 Å². The Morgan fingerprint density at radius 2 is 1.83 bits per heavy atom.